The van der Waals surface area contributed by atoms with Gasteiger partial charge in [-0.2, -0.15) is 0 Å². The van der Waals surface area contributed by atoms with Crippen molar-refractivity contribution in [3.8, 4) is 0 Å². The number of nitrogen functional groups attached to an aromatic ring is 1. The van der Waals surface area contributed by atoms with E-state index in [4.69, 9.17) is 5.73 Å². The Balaban J connectivity index is 2.66. The van der Waals surface area contributed by atoms with Gasteiger partial charge in [0.2, 0.25) is 5.91 Å². The molecular weight excluding hydrogens is 212 g/mol. The smallest absolute Gasteiger partial charge is 0.247 e. The second-order valence-corrected chi connectivity index (χ2v) is 4.16. The summed E-state index contributed by atoms with van der Waals surface area (Å²) in [7, 11) is 0. The van der Waals surface area contributed by atoms with Gasteiger partial charge >= 0.3 is 0 Å². The molecule has 1 unspecified atom stereocenters. The quantitative estimate of drug-likeness (QED) is 0.619. The van der Waals surface area contributed by atoms with E-state index in [1.807, 2.05) is 51.1 Å². The van der Waals surface area contributed by atoms with Crippen LogP contribution >= 0.6 is 0 Å². The number of anilines is 1. The molecule has 0 aliphatic heterocycles. The molecule has 1 amide bonds. The Morgan fingerprint density at radius 1 is 1.41 bits per heavy atom. The van der Waals surface area contributed by atoms with Crippen LogP contribution in [0.2, 0.25) is 0 Å². The minimum Gasteiger partial charge on any atom is -0.399 e. The number of carbonyl (C=O) groups is 1. The number of hydrogen-bond acceptors (Lipinski definition) is 2. The van der Waals surface area contributed by atoms with Crippen LogP contribution in [0.15, 0.2) is 35.9 Å². The predicted octanol–water partition coefficient (Wildman–Crippen LogP) is 2.80. The minimum atomic E-state index is -0.0174. The Hall–Kier alpha value is -1.77. The molecule has 1 aromatic carbocycles. The molecule has 17 heavy (non-hydrogen) atoms. The largest absolute Gasteiger partial charge is 0.399 e. The molecule has 0 saturated heterocycles. The molecule has 3 N–H and O–H groups in total. The highest BCUT2D eigenvalue weighted by Crippen LogP contribution is 2.14. The second-order valence-electron chi connectivity index (χ2n) is 4.16. The van der Waals surface area contributed by atoms with Crippen molar-refractivity contribution in [2.75, 3.05) is 5.73 Å². The van der Waals surface area contributed by atoms with Gasteiger partial charge in [-0.25, -0.2) is 0 Å². The van der Waals surface area contributed by atoms with Crippen LogP contribution in [0.3, 0.4) is 0 Å². The third kappa shape index (κ3) is 3.94. The summed E-state index contributed by atoms with van der Waals surface area (Å²) in [5.74, 6) is -0.0174. The van der Waals surface area contributed by atoms with Crippen LogP contribution in [-0.4, -0.2) is 5.91 Å². The number of allylic oxidation sites excluding steroid dienone is 1. The highest BCUT2D eigenvalue weighted by atomic mass is 16.1. The minimum absolute atomic E-state index is 0.0108. The van der Waals surface area contributed by atoms with E-state index in [9.17, 15) is 4.79 Å². The molecular formula is C14H20N2O. The summed E-state index contributed by atoms with van der Waals surface area (Å²) in [4.78, 5) is 11.8. The van der Waals surface area contributed by atoms with Gasteiger partial charge < -0.3 is 11.1 Å². The van der Waals surface area contributed by atoms with Gasteiger partial charge in [0.1, 0.15) is 0 Å². The van der Waals surface area contributed by atoms with Crippen molar-refractivity contribution >= 4 is 11.6 Å². The highest BCUT2D eigenvalue weighted by Gasteiger charge is 2.10. The summed E-state index contributed by atoms with van der Waals surface area (Å²) in [5, 5.41) is 2.95. The number of rotatable bonds is 4. The number of carbonyl (C=O) groups excluding carboxylic acids is 1. The van der Waals surface area contributed by atoms with Crippen LogP contribution in [-0.2, 0) is 4.79 Å². The maximum atomic E-state index is 11.8. The third-order valence-corrected chi connectivity index (χ3v) is 2.65. The maximum Gasteiger partial charge on any atom is 0.247 e. The topological polar surface area (TPSA) is 55.1 Å². The summed E-state index contributed by atoms with van der Waals surface area (Å²) >= 11 is 0. The molecule has 3 nitrogen and oxygen atoms in total. The lowest BCUT2D eigenvalue weighted by atomic mass is 10.1. The molecule has 0 spiro atoms. The first-order valence-electron chi connectivity index (χ1n) is 5.87. The molecule has 3 heteroatoms. The lowest BCUT2D eigenvalue weighted by molar-refractivity contribution is -0.118. The molecule has 0 radical (unpaired) electrons. The molecule has 0 aromatic heterocycles. The van der Waals surface area contributed by atoms with E-state index in [0.717, 1.165) is 23.2 Å². The molecule has 0 aliphatic carbocycles. The van der Waals surface area contributed by atoms with Crippen LogP contribution in [0.1, 0.15) is 38.8 Å². The monoisotopic (exact) mass is 232 g/mol. The van der Waals surface area contributed by atoms with Gasteiger partial charge in [0.25, 0.3) is 0 Å². The van der Waals surface area contributed by atoms with Crippen LogP contribution in [0.4, 0.5) is 5.69 Å². The highest BCUT2D eigenvalue weighted by molar-refractivity contribution is 5.92. The lowest BCUT2D eigenvalue weighted by Crippen LogP contribution is -2.27. The molecule has 1 aromatic rings. The fourth-order valence-corrected chi connectivity index (χ4v) is 1.58. The Kier molecular flexibility index (Phi) is 4.76. The first kappa shape index (κ1) is 13.3. The zero-order chi connectivity index (χ0) is 12.8. The van der Waals surface area contributed by atoms with Crippen molar-refractivity contribution in [1.29, 1.82) is 0 Å². The number of amides is 1. The Morgan fingerprint density at radius 2 is 2.00 bits per heavy atom. The molecule has 0 saturated carbocycles. The maximum absolute atomic E-state index is 11.8. The van der Waals surface area contributed by atoms with Gasteiger partial charge in [-0.15, -0.1) is 0 Å². The van der Waals surface area contributed by atoms with Gasteiger partial charge in [-0.1, -0.05) is 25.1 Å². The van der Waals surface area contributed by atoms with Crippen molar-refractivity contribution in [3.63, 3.8) is 0 Å². The first-order chi connectivity index (χ1) is 8.04. The van der Waals surface area contributed by atoms with Crippen LogP contribution in [0, 0.1) is 0 Å². The average Bonchev–Trinajstić information content (AvgIpc) is 2.30. The normalized spacial score (nSPS) is 13.2. The van der Waals surface area contributed by atoms with Gasteiger partial charge in [-0.3, -0.25) is 4.79 Å². The SMILES string of the molecule is CC/C=C(/C)C(=O)NC(C)c1ccc(N)cc1. The molecule has 1 rings (SSSR count). The van der Waals surface area contributed by atoms with E-state index < -0.39 is 0 Å². The van der Waals surface area contributed by atoms with E-state index in [1.165, 1.54) is 0 Å². The van der Waals surface area contributed by atoms with Crippen molar-refractivity contribution in [2.45, 2.75) is 33.2 Å². The van der Waals surface area contributed by atoms with Crippen LogP contribution < -0.4 is 11.1 Å². The summed E-state index contributed by atoms with van der Waals surface area (Å²) in [6.45, 7) is 5.80. The lowest BCUT2D eigenvalue weighted by Gasteiger charge is -2.14. The fourth-order valence-electron chi connectivity index (χ4n) is 1.58. The second kappa shape index (κ2) is 6.09. The zero-order valence-corrected chi connectivity index (χ0v) is 10.7. The first-order valence-corrected chi connectivity index (χ1v) is 5.87. The van der Waals surface area contributed by atoms with E-state index in [1.54, 1.807) is 0 Å². The van der Waals surface area contributed by atoms with Crippen LogP contribution in [0.5, 0.6) is 0 Å². The third-order valence-electron chi connectivity index (χ3n) is 2.65. The van der Waals surface area contributed by atoms with Gasteiger partial charge in [0, 0.05) is 11.3 Å². The predicted molar refractivity (Wildman–Crippen MR) is 71.5 cm³/mol. The number of nitrogens with two attached hydrogens (primary N) is 1. The average molecular weight is 232 g/mol. The summed E-state index contributed by atoms with van der Waals surface area (Å²) < 4.78 is 0. The van der Waals surface area contributed by atoms with Gasteiger partial charge in [0.15, 0.2) is 0 Å². The Morgan fingerprint density at radius 3 is 2.53 bits per heavy atom. The standard InChI is InChI=1S/C14H20N2O/c1-4-5-10(2)14(17)16-11(3)12-6-8-13(15)9-7-12/h5-9,11H,4,15H2,1-3H3,(H,16,17)/b10-5-. The van der Waals surface area contributed by atoms with E-state index in [0.29, 0.717) is 0 Å². The Labute approximate surface area is 103 Å². The summed E-state index contributed by atoms with van der Waals surface area (Å²) in [6.07, 6.45) is 2.79. The van der Waals surface area contributed by atoms with Crippen molar-refractivity contribution in [2.24, 2.45) is 0 Å². The van der Waals surface area contributed by atoms with E-state index in [-0.39, 0.29) is 11.9 Å². The van der Waals surface area contributed by atoms with E-state index >= 15 is 0 Å². The molecule has 1 atom stereocenters. The van der Waals surface area contributed by atoms with Crippen LogP contribution in [0.25, 0.3) is 0 Å². The summed E-state index contributed by atoms with van der Waals surface area (Å²) in [5.41, 5.74) is 8.16. The van der Waals surface area contributed by atoms with Crippen molar-refractivity contribution < 1.29 is 4.79 Å². The molecule has 0 heterocycles. The molecule has 0 aliphatic rings. The molecule has 92 valence electrons. The van der Waals surface area contributed by atoms with Crippen molar-refractivity contribution in [1.82, 2.24) is 5.32 Å². The molecule has 0 fully saturated rings. The van der Waals surface area contributed by atoms with Gasteiger partial charge in [0.05, 0.1) is 6.04 Å². The fraction of sp³-hybridized carbons (Fsp3) is 0.357. The van der Waals surface area contributed by atoms with Gasteiger partial charge in [-0.05, 0) is 38.0 Å². The van der Waals surface area contributed by atoms with E-state index in [2.05, 4.69) is 5.32 Å². The molecule has 0 bridgehead atoms. The number of nitrogens with one attached hydrogen (secondary N) is 1. The van der Waals surface area contributed by atoms with Crippen molar-refractivity contribution in [3.05, 3.63) is 41.5 Å². The summed E-state index contributed by atoms with van der Waals surface area (Å²) in [6, 6.07) is 7.53. The number of hydrogen-bond donors (Lipinski definition) is 2. The zero-order valence-electron chi connectivity index (χ0n) is 10.7. The Bertz CT molecular complexity index is 407. The number of benzene rings is 1.